The number of aliphatic carboxylic acids is 1. The number of nitriles is 1. The summed E-state index contributed by atoms with van der Waals surface area (Å²) in [7, 11) is 0. The van der Waals surface area contributed by atoms with Gasteiger partial charge in [-0.3, -0.25) is 9.79 Å². The molecule has 4 unspecified atom stereocenters. The van der Waals surface area contributed by atoms with Gasteiger partial charge in [-0.05, 0) is 37.1 Å². The van der Waals surface area contributed by atoms with Crippen molar-refractivity contribution < 1.29 is 14.3 Å². The molecule has 2 heterocycles. The van der Waals surface area contributed by atoms with Crippen LogP contribution in [0.3, 0.4) is 0 Å². The number of halogens is 2. The maximum atomic E-state index is 12.7. The first kappa shape index (κ1) is 19.5. The van der Waals surface area contributed by atoms with Crippen molar-refractivity contribution in [2.75, 3.05) is 0 Å². The van der Waals surface area contributed by atoms with Crippen LogP contribution in [-0.2, 0) is 4.79 Å². The van der Waals surface area contributed by atoms with Crippen molar-refractivity contribution in [3.63, 3.8) is 0 Å². The largest absolute Gasteiger partial charge is 0.481 e. The summed E-state index contributed by atoms with van der Waals surface area (Å²) in [6.45, 7) is 3.54. The molecular weight excluding hydrogens is 387 g/mol. The number of nitrogens with zero attached hydrogens (tertiary/aromatic N) is 2. The van der Waals surface area contributed by atoms with Gasteiger partial charge in [0.2, 0.25) is 0 Å². The summed E-state index contributed by atoms with van der Waals surface area (Å²) < 4.78 is 5.18. The molecule has 1 aromatic carbocycles. The average Bonchev–Trinajstić information content (AvgIpc) is 3.15. The molecule has 5 nitrogen and oxygen atoms in total. The number of furan rings is 1. The van der Waals surface area contributed by atoms with Crippen molar-refractivity contribution in [3.05, 3.63) is 58.0 Å². The van der Waals surface area contributed by atoms with E-state index in [4.69, 9.17) is 27.6 Å². The van der Waals surface area contributed by atoms with Gasteiger partial charge in [-0.1, -0.05) is 36.2 Å². The second kappa shape index (κ2) is 7.38. The van der Waals surface area contributed by atoms with E-state index in [1.54, 1.807) is 38.1 Å². The van der Waals surface area contributed by atoms with Gasteiger partial charge in [-0.2, -0.15) is 5.26 Å². The van der Waals surface area contributed by atoms with Gasteiger partial charge in [0.05, 0.1) is 30.6 Å². The highest BCUT2D eigenvalue weighted by Crippen LogP contribution is 2.57. The normalized spacial score (nSPS) is 27.7. The number of aliphatic imine (C=N–C) groups is 1. The molecule has 1 aromatic heterocycles. The lowest BCUT2D eigenvalue weighted by Crippen LogP contribution is -2.49. The zero-order valence-electron chi connectivity index (χ0n) is 14.8. The highest BCUT2D eigenvalue weighted by atomic mass is 35.5. The van der Waals surface area contributed by atoms with Crippen LogP contribution in [0.25, 0.3) is 0 Å². The van der Waals surface area contributed by atoms with Crippen molar-refractivity contribution in [1.29, 1.82) is 5.26 Å². The monoisotopic (exact) mass is 404 g/mol. The van der Waals surface area contributed by atoms with Gasteiger partial charge in [0.1, 0.15) is 5.41 Å². The lowest BCUT2D eigenvalue weighted by Gasteiger charge is -2.46. The van der Waals surface area contributed by atoms with Crippen molar-refractivity contribution in [2.45, 2.75) is 32.2 Å². The minimum absolute atomic E-state index is 0.261. The first-order valence-electron chi connectivity index (χ1n) is 8.51. The van der Waals surface area contributed by atoms with E-state index in [1.165, 1.54) is 12.5 Å². The van der Waals surface area contributed by atoms with Crippen molar-refractivity contribution in [1.82, 2.24) is 0 Å². The number of hydrogen-bond donors (Lipinski definition) is 1. The smallest absolute Gasteiger partial charge is 0.312 e. The second-order valence-electron chi connectivity index (χ2n) is 6.68. The maximum absolute atomic E-state index is 12.7. The number of rotatable bonds is 4. The standard InChI is InChI=1S/C20H18Cl2N2O3/c1-3-20(19(25)26)17(14-5-4-13(21)8-16(14)22)15(9-23)11(2)24-18(20)12-6-7-27-10-12/h4-8,10,15,17-18H,3H2,1-2H3,(H,25,26). The van der Waals surface area contributed by atoms with Crippen LogP contribution in [0.5, 0.6) is 0 Å². The number of hydrogen-bond acceptors (Lipinski definition) is 4. The molecule has 7 heteroatoms. The summed E-state index contributed by atoms with van der Waals surface area (Å²) in [6.07, 6.45) is 3.25. The molecule has 0 aliphatic carbocycles. The van der Waals surface area contributed by atoms with E-state index in [0.29, 0.717) is 26.9 Å². The minimum Gasteiger partial charge on any atom is -0.481 e. The van der Waals surface area contributed by atoms with E-state index in [-0.39, 0.29) is 6.42 Å². The second-order valence-corrected chi connectivity index (χ2v) is 7.52. The van der Waals surface area contributed by atoms with E-state index in [1.807, 2.05) is 0 Å². The van der Waals surface area contributed by atoms with Gasteiger partial charge >= 0.3 is 5.97 Å². The third kappa shape index (κ3) is 3.03. The van der Waals surface area contributed by atoms with Crippen molar-refractivity contribution in [2.24, 2.45) is 16.3 Å². The average molecular weight is 405 g/mol. The van der Waals surface area contributed by atoms with Crippen LogP contribution in [0.15, 0.2) is 46.2 Å². The summed E-state index contributed by atoms with van der Waals surface area (Å²) in [5.41, 5.74) is 0.455. The number of carboxylic acid groups (broad SMARTS) is 1. The predicted molar refractivity (Wildman–Crippen MR) is 103 cm³/mol. The highest BCUT2D eigenvalue weighted by molar-refractivity contribution is 6.35. The third-order valence-electron chi connectivity index (χ3n) is 5.44. The van der Waals surface area contributed by atoms with Crippen LogP contribution in [-0.4, -0.2) is 16.8 Å². The van der Waals surface area contributed by atoms with E-state index in [0.717, 1.165) is 0 Å². The summed E-state index contributed by atoms with van der Waals surface area (Å²) in [6, 6.07) is 8.20. The van der Waals surface area contributed by atoms with E-state index < -0.39 is 29.3 Å². The number of benzene rings is 1. The summed E-state index contributed by atoms with van der Waals surface area (Å²) >= 11 is 12.5. The fourth-order valence-electron chi connectivity index (χ4n) is 4.10. The molecule has 0 amide bonds. The molecular formula is C20H18Cl2N2O3. The first-order chi connectivity index (χ1) is 12.9. The molecule has 27 heavy (non-hydrogen) atoms. The summed E-state index contributed by atoms with van der Waals surface area (Å²) in [5, 5.41) is 21.0. The van der Waals surface area contributed by atoms with E-state index in [2.05, 4.69) is 11.1 Å². The SMILES string of the molecule is CCC1(C(=O)O)C(c2ccoc2)N=C(C)C(C#N)C1c1ccc(Cl)cc1Cl. The molecule has 1 N–H and O–H groups in total. The van der Waals surface area contributed by atoms with Crippen LogP contribution in [0.4, 0.5) is 0 Å². The molecule has 2 aromatic rings. The zero-order chi connectivity index (χ0) is 19.8. The Morgan fingerprint density at radius 1 is 1.41 bits per heavy atom. The molecule has 140 valence electrons. The molecule has 0 saturated carbocycles. The van der Waals surface area contributed by atoms with E-state index in [9.17, 15) is 15.2 Å². The Labute approximate surface area is 167 Å². The first-order valence-corrected chi connectivity index (χ1v) is 9.26. The molecule has 4 atom stereocenters. The van der Waals surface area contributed by atoms with Gasteiger partial charge in [0.25, 0.3) is 0 Å². The number of carboxylic acids is 1. The molecule has 0 saturated heterocycles. The molecule has 1 aliphatic heterocycles. The van der Waals surface area contributed by atoms with Gasteiger partial charge < -0.3 is 9.52 Å². The minimum atomic E-state index is -1.36. The van der Waals surface area contributed by atoms with Crippen LogP contribution < -0.4 is 0 Å². The molecule has 1 aliphatic rings. The van der Waals surface area contributed by atoms with Gasteiger partial charge in [0.15, 0.2) is 0 Å². The Kier molecular flexibility index (Phi) is 5.32. The highest BCUT2D eigenvalue weighted by Gasteiger charge is 2.58. The molecule has 3 rings (SSSR count). The Bertz CT molecular complexity index is 933. The lowest BCUT2D eigenvalue weighted by molar-refractivity contribution is -0.153. The fraction of sp³-hybridized carbons (Fsp3) is 0.350. The van der Waals surface area contributed by atoms with Crippen LogP contribution in [0.2, 0.25) is 10.0 Å². The quantitative estimate of drug-likeness (QED) is 0.727. The zero-order valence-corrected chi connectivity index (χ0v) is 16.3. The molecule has 0 fully saturated rings. The number of carbonyl (C=O) groups is 1. The van der Waals surface area contributed by atoms with Gasteiger partial charge in [-0.25, -0.2) is 0 Å². The van der Waals surface area contributed by atoms with Crippen LogP contribution in [0.1, 0.15) is 43.4 Å². The Morgan fingerprint density at radius 3 is 2.67 bits per heavy atom. The Morgan fingerprint density at radius 2 is 2.15 bits per heavy atom. The van der Waals surface area contributed by atoms with Crippen LogP contribution >= 0.6 is 23.2 Å². The third-order valence-corrected chi connectivity index (χ3v) is 6.00. The Balaban J connectivity index is 2.34. The van der Waals surface area contributed by atoms with Gasteiger partial charge in [0, 0.05) is 27.2 Å². The predicted octanol–water partition coefficient (Wildman–Crippen LogP) is 5.51. The lowest BCUT2D eigenvalue weighted by atomic mass is 9.58. The van der Waals surface area contributed by atoms with Gasteiger partial charge in [-0.15, -0.1) is 0 Å². The molecule has 0 spiro atoms. The van der Waals surface area contributed by atoms with Crippen molar-refractivity contribution in [3.8, 4) is 6.07 Å². The maximum Gasteiger partial charge on any atom is 0.312 e. The van der Waals surface area contributed by atoms with Crippen LogP contribution in [0, 0.1) is 22.7 Å². The Hall–Kier alpha value is -2.29. The van der Waals surface area contributed by atoms with E-state index >= 15 is 0 Å². The molecule has 0 bridgehead atoms. The summed E-state index contributed by atoms with van der Waals surface area (Å²) in [4.78, 5) is 17.3. The fourth-order valence-corrected chi connectivity index (χ4v) is 4.63. The summed E-state index contributed by atoms with van der Waals surface area (Å²) in [5.74, 6) is -2.43. The topological polar surface area (TPSA) is 86.6 Å². The molecule has 0 radical (unpaired) electrons. The van der Waals surface area contributed by atoms with Crippen molar-refractivity contribution >= 4 is 34.9 Å².